The van der Waals surface area contributed by atoms with E-state index in [-0.39, 0.29) is 5.41 Å². The Kier molecular flexibility index (Phi) is 3.12. The number of halogens is 1. The third kappa shape index (κ3) is 2.53. The molecule has 72 valence electrons. The maximum Gasteiger partial charge on any atom is 0.106 e. The molecule has 1 nitrogen and oxygen atoms in total. The third-order valence-electron chi connectivity index (χ3n) is 2.04. The van der Waals surface area contributed by atoms with Gasteiger partial charge in [0.15, 0.2) is 0 Å². The number of hydrogen-bond acceptors (Lipinski definition) is 1. The van der Waals surface area contributed by atoms with E-state index in [1.54, 1.807) is 0 Å². The minimum Gasteiger partial charge on any atom is -0.245 e. The number of rotatable bonds is 1. The van der Waals surface area contributed by atoms with E-state index in [0.717, 1.165) is 11.0 Å². The molecule has 0 N–H and O–H groups in total. The van der Waals surface area contributed by atoms with Crippen LogP contribution in [0.3, 0.4) is 0 Å². The summed E-state index contributed by atoms with van der Waals surface area (Å²) in [7, 11) is 0. The largest absolute Gasteiger partial charge is 0.245 e. The summed E-state index contributed by atoms with van der Waals surface area (Å²) in [6, 6.07) is 4.16. The zero-order valence-electron chi connectivity index (χ0n) is 8.69. The molecular formula is C11H16BrN. The lowest BCUT2D eigenvalue weighted by Crippen LogP contribution is -2.16. The molecule has 0 saturated carbocycles. The standard InChI is InChI=1S/C11H16BrN/c1-5-8-6-7-9(12)13-10(8)11(2,3)4/h6-7H,5H2,1-4H3. The highest BCUT2D eigenvalue weighted by molar-refractivity contribution is 9.10. The fourth-order valence-corrected chi connectivity index (χ4v) is 1.71. The first-order chi connectivity index (χ1) is 5.95. The van der Waals surface area contributed by atoms with Crippen molar-refractivity contribution in [3.8, 4) is 0 Å². The van der Waals surface area contributed by atoms with Gasteiger partial charge in [-0.25, -0.2) is 4.98 Å². The van der Waals surface area contributed by atoms with Crippen LogP contribution in [0.1, 0.15) is 39.0 Å². The van der Waals surface area contributed by atoms with Crippen LogP contribution in [0.2, 0.25) is 0 Å². The molecule has 0 saturated heterocycles. The van der Waals surface area contributed by atoms with Gasteiger partial charge in [0.05, 0.1) is 5.69 Å². The molecule has 0 aliphatic heterocycles. The van der Waals surface area contributed by atoms with Crippen molar-refractivity contribution in [2.24, 2.45) is 0 Å². The number of pyridine rings is 1. The van der Waals surface area contributed by atoms with E-state index in [9.17, 15) is 0 Å². The molecule has 0 radical (unpaired) electrons. The molecule has 0 amide bonds. The molecule has 0 atom stereocenters. The molecule has 0 aliphatic carbocycles. The Morgan fingerprint density at radius 2 is 1.92 bits per heavy atom. The molecule has 1 heterocycles. The van der Waals surface area contributed by atoms with Crippen LogP contribution in [0.15, 0.2) is 16.7 Å². The summed E-state index contributed by atoms with van der Waals surface area (Å²) in [6.45, 7) is 8.75. The van der Waals surface area contributed by atoms with E-state index < -0.39 is 0 Å². The molecule has 2 heteroatoms. The van der Waals surface area contributed by atoms with Crippen LogP contribution in [0.25, 0.3) is 0 Å². The van der Waals surface area contributed by atoms with Gasteiger partial charge in [0.1, 0.15) is 4.60 Å². The number of hydrogen-bond donors (Lipinski definition) is 0. The topological polar surface area (TPSA) is 12.9 Å². The van der Waals surface area contributed by atoms with Gasteiger partial charge in [-0.1, -0.05) is 33.8 Å². The highest BCUT2D eigenvalue weighted by Crippen LogP contribution is 2.25. The molecule has 13 heavy (non-hydrogen) atoms. The van der Waals surface area contributed by atoms with Crippen LogP contribution in [-0.2, 0) is 11.8 Å². The first-order valence-corrected chi connectivity index (χ1v) is 5.40. The Morgan fingerprint density at radius 3 is 2.38 bits per heavy atom. The van der Waals surface area contributed by atoms with Gasteiger partial charge in [-0.3, -0.25) is 0 Å². The van der Waals surface area contributed by atoms with E-state index >= 15 is 0 Å². The molecule has 0 fully saturated rings. The molecule has 1 aromatic heterocycles. The monoisotopic (exact) mass is 241 g/mol. The van der Waals surface area contributed by atoms with Gasteiger partial charge in [0.2, 0.25) is 0 Å². The summed E-state index contributed by atoms with van der Waals surface area (Å²) < 4.78 is 0.926. The van der Waals surface area contributed by atoms with Crippen LogP contribution < -0.4 is 0 Å². The zero-order chi connectivity index (χ0) is 10.1. The summed E-state index contributed by atoms with van der Waals surface area (Å²) >= 11 is 3.41. The first kappa shape index (κ1) is 10.7. The Hall–Kier alpha value is -0.370. The van der Waals surface area contributed by atoms with Crippen molar-refractivity contribution < 1.29 is 0 Å². The van der Waals surface area contributed by atoms with Crippen molar-refractivity contribution in [2.45, 2.75) is 39.5 Å². The zero-order valence-corrected chi connectivity index (χ0v) is 10.3. The summed E-state index contributed by atoms with van der Waals surface area (Å²) in [5, 5.41) is 0. The first-order valence-electron chi connectivity index (χ1n) is 4.61. The maximum atomic E-state index is 4.53. The fraction of sp³-hybridized carbons (Fsp3) is 0.545. The van der Waals surface area contributed by atoms with E-state index in [2.05, 4.69) is 54.7 Å². The number of aryl methyl sites for hydroxylation is 1. The molecule has 0 unspecified atom stereocenters. The predicted octanol–water partition coefficient (Wildman–Crippen LogP) is 3.70. The Balaban J connectivity index is 3.24. The van der Waals surface area contributed by atoms with Gasteiger partial charge in [0, 0.05) is 5.41 Å². The second-order valence-corrected chi connectivity index (χ2v) is 5.06. The lowest BCUT2D eigenvalue weighted by Gasteiger charge is -2.21. The van der Waals surface area contributed by atoms with Crippen LogP contribution in [0.5, 0.6) is 0 Å². The Bertz CT molecular complexity index is 299. The third-order valence-corrected chi connectivity index (χ3v) is 2.48. The summed E-state index contributed by atoms with van der Waals surface area (Å²) in [5.74, 6) is 0. The van der Waals surface area contributed by atoms with Crippen LogP contribution in [0, 0.1) is 0 Å². The molecule has 1 rings (SSSR count). The smallest absolute Gasteiger partial charge is 0.106 e. The molecular weight excluding hydrogens is 226 g/mol. The molecule has 0 spiro atoms. The molecule has 0 aliphatic rings. The van der Waals surface area contributed by atoms with Crippen molar-refractivity contribution in [3.05, 3.63) is 28.0 Å². The molecule has 1 aromatic rings. The summed E-state index contributed by atoms with van der Waals surface area (Å²) in [6.07, 6.45) is 1.05. The molecule has 0 bridgehead atoms. The van der Waals surface area contributed by atoms with E-state index in [4.69, 9.17) is 0 Å². The summed E-state index contributed by atoms with van der Waals surface area (Å²) in [4.78, 5) is 4.53. The predicted molar refractivity (Wildman–Crippen MR) is 60.0 cm³/mol. The normalized spacial score (nSPS) is 11.8. The van der Waals surface area contributed by atoms with Gasteiger partial charge in [-0.15, -0.1) is 0 Å². The van der Waals surface area contributed by atoms with Crippen LogP contribution in [0.4, 0.5) is 0 Å². The lowest BCUT2D eigenvalue weighted by molar-refractivity contribution is 0.560. The van der Waals surface area contributed by atoms with Crippen molar-refractivity contribution in [2.75, 3.05) is 0 Å². The average Bonchev–Trinajstić information content (AvgIpc) is 2.03. The quantitative estimate of drug-likeness (QED) is 0.684. The maximum absolute atomic E-state index is 4.53. The van der Waals surface area contributed by atoms with E-state index in [1.807, 2.05) is 6.07 Å². The number of aromatic nitrogens is 1. The van der Waals surface area contributed by atoms with Gasteiger partial charge < -0.3 is 0 Å². The second-order valence-electron chi connectivity index (χ2n) is 4.25. The summed E-state index contributed by atoms with van der Waals surface area (Å²) in [5.41, 5.74) is 2.68. The Labute approximate surface area is 88.7 Å². The van der Waals surface area contributed by atoms with Gasteiger partial charge in [0.25, 0.3) is 0 Å². The van der Waals surface area contributed by atoms with Crippen molar-refractivity contribution >= 4 is 15.9 Å². The minimum absolute atomic E-state index is 0.134. The van der Waals surface area contributed by atoms with Crippen LogP contribution >= 0.6 is 15.9 Å². The van der Waals surface area contributed by atoms with Gasteiger partial charge >= 0.3 is 0 Å². The van der Waals surface area contributed by atoms with Gasteiger partial charge in [-0.05, 0) is 34.0 Å². The second kappa shape index (κ2) is 3.79. The Morgan fingerprint density at radius 1 is 1.31 bits per heavy atom. The van der Waals surface area contributed by atoms with Crippen molar-refractivity contribution in [1.29, 1.82) is 0 Å². The van der Waals surface area contributed by atoms with Crippen molar-refractivity contribution in [1.82, 2.24) is 4.98 Å². The minimum atomic E-state index is 0.134. The average molecular weight is 242 g/mol. The highest BCUT2D eigenvalue weighted by Gasteiger charge is 2.18. The van der Waals surface area contributed by atoms with Crippen molar-refractivity contribution in [3.63, 3.8) is 0 Å². The molecule has 0 aromatic carbocycles. The van der Waals surface area contributed by atoms with E-state index in [0.29, 0.717) is 0 Å². The highest BCUT2D eigenvalue weighted by atomic mass is 79.9. The lowest BCUT2D eigenvalue weighted by atomic mass is 9.88. The number of nitrogens with zero attached hydrogens (tertiary/aromatic N) is 1. The van der Waals surface area contributed by atoms with Crippen LogP contribution in [-0.4, -0.2) is 4.98 Å². The SMILES string of the molecule is CCc1ccc(Br)nc1C(C)(C)C. The van der Waals surface area contributed by atoms with Gasteiger partial charge in [-0.2, -0.15) is 0 Å². The fourth-order valence-electron chi connectivity index (χ4n) is 1.40. The van der Waals surface area contributed by atoms with E-state index in [1.165, 1.54) is 11.3 Å².